The Morgan fingerprint density at radius 1 is 1.38 bits per heavy atom. The summed E-state index contributed by atoms with van der Waals surface area (Å²) in [6, 6.07) is 7.89. The van der Waals surface area contributed by atoms with Crippen molar-refractivity contribution in [2.45, 2.75) is 6.42 Å². The molecule has 0 aliphatic carbocycles. The van der Waals surface area contributed by atoms with E-state index in [1.165, 1.54) is 0 Å². The number of para-hydroxylation sites is 1. The zero-order valence-corrected chi connectivity index (χ0v) is 9.28. The van der Waals surface area contributed by atoms with E-state index in [0.29, 0.717) is 6.54 Å². The van der Waals surface area contributed by atoms with Crippen LogP contribution in [-0.4, -0.2) is 37.0 Å². The van der Waals surface area contributed by atoms with Crippen LogP contribution in [0.1, 0.15) is 5.56 Å². The minimum atomic E-state index is 0.118. The molecular weight excluding hydrogens is 202 g/mol. The Morgan fingerprint density at radius 2 is 2.19 bits per heavy atom. The number of nitrogen functional groups attached to an aromatic ring is 1. The second-order valence-electron chi connectivity index (χ2n) is 4.07. The molecule has 1 saturated heterocycles. The van der Waals surface area contributed by atoms with Crippen molar-refractivity contribution in [3.63, 3.8) is 0 Å². The third-order valence-electron chi connectivity index (χ3n) is 2.87. The SMILES string of the molecule is Nc1ccccc1CCN1CCNC(=O)C1. The molecule has 0 unspecified atom stereocenters. The largest absolute Gasteiger partial charge is 0.399 e. The number of hydrogen-bond donors (Lipinski definition) is 2. The highest BCUT2D eigenvalue weighted by Crippen LogP contribution is 2.11. The quantitative estimate of drug-likeness (QED) is 0.716. The number of nitrogens with zero attached hydrogens (tertiary/aromatic N) is 1. The van der Waals surface area contributed by atoms with Gasteiger partial charge in [0, 0.05) is 25.3 Å². The predicted octanol–water partition coefficient (Wildman–Crippen LogP) is 0.243. The Bertz CT molecular complexity index is 378. The van der Waals surface area contributed by atoms with E-state index in [9.17, 15) is 4.79 Å². The molecule has 2 rings (SSSR count). The maximum atomic E-state index is 11.2. The van der Waals surface area contributed by atoms with Gasteiger partial charge in [-0.05, 0) is 18.1 Å². The van der Waals surface area contributed by atoms with Crippen LogP contribution in [0.5, 0.6) is 0 Å². The minimum absolute atomic E-state index is 0.118. The van der Waals surface area contributed by atoms with E-state index in [2.05, 4.69) is 10.2 Å². The summed E-state index contributed by atoms with van der Waals surface area (Å²) in [5, 5.41) is 2.82. The normalized spacial score (nSPS) is 17.1. The number of amides is 1. The first kappa shape index (κ1) is 11.0. The summed E-state index contributed by atoms with van der Waals surface area (Å²) in [4.78, 5) is 13.3. The summed E-state index contributed by atoms with van der Waals surface area (Å²) in [6.07, 6.45) is 0.903. The molecule has 1 aromatic rings. The summed E-state index contributed by atoms with van der Waals surface area (Å²) >= 11 is 0. The molecule has 0 saturated carbocycles. The molecule has 3 N–H and O–H groups in total. The van der Waals surface area contributed by atoms with Gasteiger partial charge in [-0.3, -0.25) is 9.69 Å². The fourth-order valence-corrected chi connectivity index (χ4v) is 1.92. The number of benzene rings is 1. The lowest BCUT2D eigenvalue weighted by atomic mass is 10.1. The van der Waals surface area contributed by atoms with Crippen molar-refractivity contribution in [3.8, 4) is 0 Å². The number of rotatable bonds is 3. The molecule has 1 heterocycles. The molecule has 1 aliphatic heterocycles. The zero-order chi connectivity index (χ0) is 11.4. The first-order valence-corrected chi connectivity index (χ1v) is 5.58. The minimum Gasteiger partial charge on any atom is -0.399 e. The number of carbonyl (C=O) groups excluding carboxylic acids is 1. The molecule has 0 bridgehead atoms. The van der Waals surface area contributed by atoms with Gasteiger partial charge in [-0.25, -0.2) is 0 Å². The van der Waals surface area contributed by atoms with Crippen molar-refractivity contribution < 1.29 is 4.79 Å². The Morgan fingerprint density at radius 3 is 2.94 bits per heavy atom. The van der Waals surface area contributed by atoms with Crippen LogP contribution >= 0.6 is 0 Å². The topological polar surface area (TPSA) is 58.4 Å². The summed E-state index contributed by atoms with van der Waals surface area (Å²) in [5.41, 5.74) is 7.86. The monoisotopic (exact) mass is 219 g/mol. The van der Waals surface area contributed by atoms with Crippen molar-refractivity contribution in [1.29, 1.82) is 0 Å². The highest BCUT2D eigenvalue weighted by molar-refractivity contribution is 5.78. The molecule has 4 heteroatoms. The van der Waals surface area contributed by atoms with Gasteiger partial charge in [0.05, 0.1) is 6.54 Å². The molecule has 1 amide bonds. The van der Waals surface area contributed by atoms with Crippen LogP contribution in [0.15, 0.2) is 24.3 Å². The molecule has 1 fully saturated rings. The second kappa shape index (κ2) is 4.99. The Labute approximate surface area is 95.4 Å². The first-order chi connectivity index (χ1) is 7.75. The maximum Gasteiger partial charge on any atom is 0.234 e. The molecule has 0 spiro atoms. The summed E-state index contributed by atoms with van der Waals surface area (Å²) in [7, 11) is 0. The van der Waals surface area contributed by atoms with Gasteiger partial charge in [-0.15, -0.1) is 0 Å². The van der Waals surface area contributed by atoms with Gasteiger partial charge in [0.2, 0.25) is 5.91 Å². The van der Waals surface area contributed by atoms with Crippen LogP contribution < -0.4 is 11.1 Å². The van der Waals surface area contributed by atoms with Crippen LogP contribution in [0.2, 0.25) is 0 Å². The fourth-order valence-electron chi connectivity index (χ4n) is 1.92. The maximum absolute atomic E-state index is 11.2. The van der Waals surface area contributed by atoms with E-state index in [4.69, 9.17) is 5.73 Å². The fraction of sp³-hybridized carbons (Fsp3) is 0.417. The molecule has 0 atom stereocenters. The lowest BCUT2D eigenvalue weighted by Gasteiger charge is -2.26. The second-order valence-corrected chi connectivity index (χ2v) is 4.07. The van der Waals surface area contributed by atoms with Gasteiger partial charge in [-0.2, -0.15) is 0 Å². The summed E-state index contributed by atoms with van der Waals surface area (Å²) in [6.45, 7) is 3.08. The predicted molar refractivity (Wildman–Crippen MR) is 64.0 cm³/mol. The van der Waals surface area contributed by atoms with E-state index in [1.807, 2.05) is 24.3 Å². The summed E-state index contributed by atoms with van der Waals surface area (Å²) in [5.74, 6) is 0.118. The third kappa shape index (κ3) is 2.73. The van der Waals surface area contributed by atoms with E-state index in [-0.39, 0.29) is 5.91 Å². The highest BCUT2D eigenvalue weighted by Gasteiger charge is 2.15. The molecule has 0 radical (unpaired) electrons. The number of hydrogen-bond acceptors (Lipinski definition) is 3. The van der Waals surface area contributed by atoms with Crippen molar-refractivity contribution in [2.24, 2.45) is 0 Å². The van der Waals surface area contributed by atoms with Gasteiger partial charge < -0.3 is 11.1 Å². The van der Waals surface area contributed by atoms with Crippen LogP contribution in [0.3, 0.4) is 0 Å². The smallest absolute Gasteiger partial charge is 0.234 e. The number of nitrogens with one attached hydrogen (secondary N) is 1. The van der Waals surface area contributed by atoms with E-state index in [1.54, 1.807) is 0 Å². The van der Waals surface area contributed by atoms with Gasteiger partial charge in [0.25, 0.3) is 0 Å². The molecule has 4 nitrogen and oxygen atoms in total. The van der Waals surface area contributed by atoms with Gasteiger partial charge in [0.1, 0.15) is 0 Å². The zero-order valence-electron chi connectivity index (χ0n) is 9.28. The van der Waals surface area contributed by atoms with Crippen LogP contribution in [0.25, 0.3) is 0 Å². The van der Waals surface area contributed by atoms with Crippen molar-refractivity contribution in [2.75, 3.05) is 31.9 Å². The average molecular weight is 219 g/mol. The number of carbonyl (C=O) groups is 1. The van der Waals surface area contributed by atoms with E-state index < -0.39 is 0 Å². The Kier molecular flexibility index (Phi) is 3.41. The van der Waals surface area contributed by atoms with Gasteiger partial charge >= 0.3 is 0 Å². The standard InChI is InChI=1S/C12H17N3O/c13-11-4-2-1-3-10(11)5-7-15-8-6-14-12(16)9-15/h1-4H,5-9,13H2,(H,14,16). The van der Waals surface area contributed by atoms with Crippen LogP contribution in [-0.2, 0) is 11.2 Å². The molecule has 1 aliphatic rings. The number of nitrogens with two attached hydrogens (primary N) is 1. The van der Waals surface area contributed by atoms with Gasteiger partial charge in [-0.1, -0.05) is 18.2 Å². The Hall–Kier alpha value is -1.55. The lowest BCUT2D eigenvalue weighted by Crippen LogP contribution is -2.48. The Balaban J connectivity index is 1.87. The third-order valence-corrected chi connectivity index (χ3v) is 2.87. The molecular formula is C12H17N3O. The molecule has 0 aromatic heterocycles. The van der Waals surface area contributed by atoms with E-state index >= 15 is 0 Å². The van der Waals surface area contributed by atoms with Crippen LogP contribution in [0, 0.1) is 0 Å². The number of anilines is 1. The lowest BCUT2D eigenvalue weighted by molar-refractivity contribution is -0.124. The number of piperazine rings is 1. The summed E-state index contributed by atoms with van der Waals surface area (Å²) < 4.78 is 0. The highest BCUT2D eigenvalue weighted by atomic mass is 16.2. The molecule has 16 heavy (non-hydrogen) atoms. The van der Waals surface area contributed by atoms with Gasteiger partial charge in [0.15, 0.2) is 0 Å². The first-order valence-electron chi connectivity index (χ1n) is 5.58. The molecule has 86 valence electrons. The van der Waals surface area contributed by atoms with Crippen LogP contribution in [0.4, 0.5) is 5.69 Å². The van der Waals surface area contributed by atoms with E-state index in [0.717, 1.165) is 37.3 Å². The molecule has 1 aromatic carbocycles. The van der Waals surface area contributed by atoms with Crippen molar-refractivity contribution in [1.82, 2.24) is 10.2 Å². The average Bonchev–Trinajstić information content (AvgIpc) is 2.28. The van der Waals surface area contributed by atoms with Crippen molar-refractivity contribution in [3.05, 3.63) is 29.8 Å². The van der Waals surface area contributed by atoms with Crippen molar-refractivity contribution >= 4 is 11.6 Å².